The lowest BCUT2D eigenvalue weighted by Crippen LogP contribution is -2.46. The number of carbonyl (C=O) groups excluding carboxylic acids is 3. The van der Waals surface area contributed by atoms with Crippen molar-refractivity contribution in [1.29, 1.82) is 0 Å². The molecule has 8 nitrogen and oxygen atoms in total. The Morgan fingerprint density at radius 1 is 0.887 bits per heavy atom. The Morgan fingerprint density at radius 2 is 1.60 bits per heavy atom. The molecule has 80 heavy (non-hydrogen) atoms. The Morgan fingerprint density at radius 3 is 2.31 bits per heavy atom. The number of aromatic nitrogens is 2. The number of aryl methyl sites for hydroxylation is 1. The fourth-order valence-corrected chi connectivity index (χ4v) is 14.3. The monoisotopic (exact) mass is 1120 g/mol. The van der Waals surface area contributed by atoms with Gasteiger partial charge in [-0.2, -0.15) is 5.10 Å². The van der Waals surface area contributed by atoms with Crippen LogP contribution in [0, 0.1) is 23.1 Å². The van der Waals surface area contributed by atoms with Crippen molar-refractivity contribution in [2.75, 3.05) is 0 Å². The van der Waals surface area contributed by atoms with Crippen molar-refractivity contribution in [3.63, 3.8) is 0 Å². The lowest BCUT2D eigenvalue weighted by molar-refractivity contribution is -0.141. The summed E-state index contributed by atoms with van der Waals surface area (Å²) in [6.07, 6.45) is 18.1. The quantitative estimate of drug-likeness (QED) is 0.0596. The third kappa shape index (κ3) is 13.8. The number of allylic oxidation sites excluding steroid dienone is 1. The van der Waals surface area contributed by atoms with E-state index in [1.54, 1.807) is 35.6 Å². The van der Waals surface area contributed by atoms with E-state index in [1.165, 1.54) is 59.5 Å². The molecule has 11 heteroatoms. The number of thiophene rings is 1. The Bertz CT molecular complexity index is 3270. The molecule has 422 valence electrons. The summed E-state index contributed by atoms with van der Waals surface area (Å²) in [6, 6.07) is 38.1. The average Bonchev–Trinajstić information content (AvgIpc) is 4.17. The van der Waals surface area contributed by atoms with Gasteiger partial charge in [-0.25, -0.2) is 9.07 Å². The van der Waals surface area contributed by atoms with Gasteiger partial charge in [-0.1, -0.05) is 158 Å². The first-order valence-corrected chi connectivity index (χ1v) is 29.8. The maximum Gasteiger partial charge on any atom is 0.308 e. The van der Waals surface area contributed by atoms with Gasteiger partial charge in [-0.3, -0.25) is 14.4 Å². The van der Waals surface area contributed by atoms with Crippen molar-refractivity contribution in [3.05, 3.63) is 189 Å². The lowest BCUT2D eigenvalue weighted by Gasteiger charge is -2.47. The summed E-state index contributed by atoms with van der Waals surface area (Å²) in [5.41, 5.74) is 8.77. The van der Waals surface area contributed by atoms with E-state index in [2.05, 4.69) is 80.6 Å². The Labute approximate surface area is 482 Å². The molecule has 2 unspecified atom stereocenters. The van der Waals surface area contributed by atoms with Crippen molar-refractivity contribution >= 4 is 56.6 Å². The Balaban J connectivity index is 0.000000167. The summed E-state index contributed by atoms with van der Waals surface area (Å²) in [5.74, 6) is 0.675. The molecule has 11 rings (SSSR count). The van der Waals surface area contributed by atoms with Crippen LogP contribution in [-0.2, 0) is 34.3 Å². The molecule has 0 bridgehead atoms. The molecule has 0 spiro atoms. The SMILES string of the molecule is C.CC(C)(CC(O)(CC1CCCCC1)C(=O)Cc1ccc2c(c1)CCC2=O)c1ccccc1.CCCC(Cl)c1ccc(OC(C)=O)cc1.C[C@]12Cc3cnn(-c4ccc(F)cc4)c3C=C1CCC[C@@H]2[C@@H](O)c1csc2ccccc12. The highest BCUT2D eigenvalue weighted by Gasteiger charge is 2.47. The number of aliphatic hydroxyl groups excluding tert-OH is 1. The highest BCUT2D eigenvalue weighted by molar-refractivity contribution is 7.17. The van der Waals surface area contributed by atoms with Gasteiger partial charge in [0.15, 0.2) is 11.6 Å². The minimum absolute atomic E-state index is 0. The molecule has 7 aromatic rings. The van der Waals surface area contributed by atoms with Gasteiger partial charge in [0, 0.05) is 30.0 Å². The Hall–Kier alpha value is -6.04. The van der Waals surface area contributed by atoms with Gasteiger partial charge in [0.1, 0.15) is 17.2 Å². The molecule has 2 fully saturated rings. The molecule has 5 aromatic carbocycles. The van der Waals surface area contributed by atoms with Gasteiger partial charge in [0.2, 0.25) is 0 Å². The number of benzene rings is 5. The molecule has 0 saturated heterocycles. The van der Waals surface area contributed by atoms with Crippen LogP contribution in [-0.4, -0.2) is 43.1 Å². The second kappa shape index (κ2) is 26.3. The molecule has 2 N–H and O–H groups in total. The van der Waals surface area contributed by atoms with Crippen molar-refractivity contribution in [2.45, 2.75) is 167 Å². The van der Waals surface area contributed by atoms with E-state index in [0.29, 0.717) is 30.9 Å². The molecule has 4 aliphatic rings. The summed E-state index contributed by atoms with van der Waals surface area (Å²) in [6.45, 7) is 10.1. The minimum atomic E-state index is -1.35. The van der Waals surface area contributed by atoms with E-state index in [-0.39, 0.29) is 59.3 Å². The van der Waals surface area contributed by atoms with Crippen LogP contribution in [0.2, 0.25) is 0 Å². The van der Waals surface area contributed by atoms with Crippen LogP contribution in [0.25, 0.3) is 21.8 Å². The van der Waals surface area contributed by atoms with Crippen LogP contribution in [0.1, 0.15) is 186 Å². The fraction of sp³-hybridized carbons (Fsp3) is 0.420. The molecule has 0 radical (unpaired) electrons. The molecule has 2 aromatic heterocycles. The highest BCUT2D eigenvalue weighted by Crippen LogP contribution is 2.55. The predicted octanol–water partition coefficient (Wildman–Crippen LogP) is 17.0. The number of ether oxygens (including phenoxy) is 1. The summed E-state index contributed by atoms with van der Waals surface area (Å²) in [5, 5.41) is 31.5. The summed E-state index contributed by atoms with van der Waals surface area (Å²) in [4.78, 5) is 36.3. The second-order valence-corrected chi connectivity index (χ2v) is 24.9. The van der Waals surface area contributed by atoms with Gasteiger partial charge in [-0.15, -0.1) is 22.9 Å². The van der Waals surface area contributed by atoms with E-state index in [0.717, 1.165) is 103 Å². The number of nitrogens with zero attached hydrogens (tertiary/aromatic N) is 2. The maximum absolute atomic E-state index is 13.7. The van der Waals surface area contributed by atoms with Gasteiger partial charge >= 0.3 is 5.97 Å². The maximum atomic E-state index is 13.7. The largest absolute Gasteiger partial charge is 0.427 e. The average molecular weight is 1120 g/mol. The lowest BCUT2D eigenvalue weighted by atomic mass is 9.57. The summed E-state index contributed by atoms with van der Waals surface area (Å²) < 4.78 is 21.5. The normalized spacial score (nSPS) is 19.2. The van der Waals surface area contributed by atoms with Crippen LogP contribution in [0.15, 0.2) is 138 Å². The molecule has 2 saturated carbocycles. The molecule has 2 heterocycles. The number of hydrogen-bond acceptors (Lipinski definition) is 8. The molecule has 4 aliphatic carbocycles. The summed E-state index contributed by atoms with van der Waals surface area (Å²) >= 11 is 7.87. The number of carbonyl (C=O) groups is 3. The van der Waals surface area contributed by atoms with Gasteiger partial charge < -0.3 is 14.9 Å². The van der Waals surface area contributed by atoms with Crippen LogP contribution in [0.5, 0.6) is 5.75 Å². The van der Waals surface area contributed by atoms with Gasteiger partial charge in [0.25, 0.3) is 0 Å². The standard InChI is InChI=1S/C29H36O3.C27H25FN2OS.C12H15ClO2.CH4/c1-28(2,24-11-7-4-8-12-24)20-29(32,19-21-9-5-3-6-10-21)27(31)18-22-13-15-25-23(17-22)14-16-26(25)30;1-27-14-17-15-29-30(20-11-9-19(28)10-12-20)24(17)13-18(27)5-4-7-23(27)26(31)22-16-32-25-8-3-2-6-21(22)25;1-3-4-12(13)10-5-7-11(8-6-10)15-9(2)14;/h4,7-8,11-13,15,17,21,32H,3,5-6,9-10,14,16,18-20H2,1-2H3;2-3,6,8-13,15-16,23,26,31H,4-5,7,14H2,1H3;5-8,12H,3-4H2,1-2H3;1H4/t;23-,26+,27+;;/m.1../s1. The predicted molar refractivity (Wildman–Crippen MR) is 323 cm³/mol. The van der Waals surface area contributed by atoms with Crippen molar-refractivity contribution in [1.82, 2.24) is 9.78 Å². The first-order chi connectivity index (χ1) is 37.9. The Kier molecular flexibility index (Phi) is 19.7. The van der Waals surface area contributed by atoms with Gasteiger partial charge in [0.05, 0.1) is 29.1 Å². The number of rotatable bonds is 15. The van der Waals surface area contributed by atoms with Crippen LogP contribution in [0.4, 0.5) is 4.39 Å². The van der Waals surface area contributed by atoms with E-state index in [9.17, 15) is 29.0 Å². The zero-order valence-electron chi connectivity index (χ0n) is 46.5. The smallest absolute Gasteiger partial charge is 0.308 e. The van der Waals surface area contributed by atoms with Crippen LogP contribution in [0.3, 0.4) is 0 Å². The number of halogens is 2. The number of fused-ring (bicyclic) bond motifs is 4. The van der Waals surface area contributed by atoms with Crippen LogP contribution >= 0.6 is 22.9 Å². The third-order valence-corrected chi connectivity index (χ3v) is 18.7. The van der Waals surface area contributed by atoms with E-state index in [1.807, 2.05) is 59.4 Å². The zero-order valence-corrected chi connectivity index (χ0v) is 48.1. The van der Waals surface area contributed by atoms with E-state index < -0.39 is 11.7 Å². The summed E-state index contributed by atoms with van der Waals surface area (Å²) in [7, 11) is 0. The molecular formula is C69H80ClFN2O6S. The molecule has 5 atom stereocenters. The molecular weight excluding hydrogens is 1040 g/mol. The molecule has 0 aliphatic heterocycles. The van der Waals surface area contributed by atoms with E-state index >= 15 is 0 Å². The topological polar surface area (TPSA) is 119 Å². The first kappa shape index (κ1) is 60.1. The van der Waals surface area contributed by atoms with Crippen LogP contribution < -0.4 is 4.74 Å². The van der Waals surface area contributed by atoms with Crippen molar-refractivity contribution in [3.8, 4) is 11.4 Å². The number of hydrogen-bond donors (Lipinski definition) is 2. The number of Topliss-reactive ketones (excluding diaryl/α,β-unsaturated/α-hetero) is 2. The van der Waals surface area contributed by atoms with E-state index in [4.69, 9.17) is 16.3 Å². The number of aliphatic hydroxyl groups is 2. The van der Waals surface area contributed by atoms with Crippen molar-refractivity contribution in [2.24, 2.45) is 17.3 Å². The third-order valence-electron chi connectivity index (χ3n) is 17.2. The number of esters is 1. The number of ketones is 2. The zero-order chi connectivity index (χ0) is 55.9. The highest BCUT2D eigenvalue weighted by atomic mass is 35.5. The fourth-order valence-electron chi connectivity index (χ4n) is 13.0. The van der Waals surface area contributed by atoms with Crippen molar-refractivity contribution < 1.29 is 33.7 Å². The molecule has 0 amide bonds. The second-order valence-electron chi connectivity index (χ2n) is 23.4. The number of alkyl halides is 1. The minimum Gasteiger partial charge on any atom is -0.427 e. The first-order valence-electron chi connectivity index (χ1n) is 28.5. The van der Waals surface area contributed by atoms with Gasteiger partial charge in [-0.05, 0) is 167 Å².